The van der Waals surface area contributed by atoms with Gasteiger partial charge in [0.05, 0.1) is 25.3 Å². The highest BCUT2D eigenvalue weighted by Crippen LogP contribution is 2.29. The average Bonchev–Trinajstić information content (AvgIpc) is 3.00. The Hall–Kier alpha value is -3.35. The van der Waals surface area contributed by atoms with E-state index < -0.39 is 23.8 Å². The second kappa shape index (κ2) is 8.98. The Balaban J connectivity index is 1.83. The van der Waals surface area contributed by atoms with E-state index in [-0.39, 0.29) is 12.5 Å². The molecule has 7 nitrogen and oxygen atoms in total. The van der Waals surface area contributed by atoms with E-state index in [0.717, 1.165) is 4.90 Å². The number of hydrogen-bond acceptors (Lipinski definition) is 6. The first-order chi connectivity index (χ1) is 14.4. The smallest absolute Gasteiger partial charge is 0.329 e. The van der Waals surface area contributed by atoms with E-state index in [1.54, 1.807) is 49.6 Å². The molecule has 0 unspecified atom stereocenters. The molecule has 0 spiro atoms. The Morgan fingerprint density at radius 2 is 1.60 bits per heavy atom. The molecular formula is C23H25NO6. The van der Waals surface area contributed by atoms with Crippen molar-refractivity contribution in [2.45, 2.75) is 32.9 Å². The molecule has 1 aliphatic heterocycles. The lowest BCUT2D eigenvalue weighted by Crippen LogP contribution is -2.46. The molecule has 1 aliphatic rings. The monoisotopic (exact) mass is 411 g/mol. The maximum absolute atomic E-state index is 13.0. The molecule has 0 aromatic heterocycles. The summed E-state index contributed by atoms with van der Waals surface area (Å²) >= 11 is 0. The van der Waals surface area contributed by atoms with Crippen molar-refractivity contribution in [3.63, 3.8) is 0 Å². The molecule has 158 valence electrons. The van der Waals surface area contributed by atoms with Gasteiger partial charge in [0.1, 0.15) is 24.1 Å². The van der Waals surface area contributed by atoms with Gasteiger partial charge in [-0.15, -0.1) is 0 Å². The molecule has 0 radical (unpaired) electrons. The predicted molar refractivity (Wildman–Crippen MR) is 110 cm³/mol. The molecule has 0 fully saturated rings. The van der Waals surface area contributed by atoms with E-state index >= 15 is 0 Å². The molecule has 0 N–H and O–H groups in total. The van der Waals surface area contributed by atoms with Crippen LogP contribution >= 0.6 is 0 Å². The fraction of sp³-hybridized carbons (Fsp3) is 0.348. The van der Waals surface area contributed by atoms with Crippen LogP contribution in [0.1, 0.15) is 46.5 Å². The van der Waals surface area contributed by atoms with Crippen LogP contribution in [0.25, 0.3) is 0 Å². The van der Waals surface area contributed by atoms with Gasteiger partial charge < -0.3 is 14.2 Å². The summed E-state index contributed by atoms with van der Waals surface area (Å²) in [6.07, 6.45) is 0.305. The van der Waals surface area contributed by atoms with Crippen LogP contribution in [0.3, 0.4) is 0 Å². The lowest BCUT2D eigenvalue weighted by Gasteiger charge is -2.26. The van der Waals surface area contributed by atoms with Gasteiger partial charge in [-0.1, -0.05) is 26.0 Å². The molecule has 2 amide bonds. The SMILES string of the molecule is COc1ccc(OC)c(COC(=O)[C@@H](CC(C)C)N2C(=O)c3ccccc3C2=O)c1. The van der Waals surface area contributed by atoms with Crippen molar-refractivity contribution in [3.05, 3.63) is 59.2 Å². The van der Waals surface area contributed by atoms with Crippen molar-refractivity contribution < 1.29 is 28.6 Å². The standard InChI is InChI=1S/C23H25NO6/c1-14(2)11-19(24-21(25)17-7-5-6-8-18(17)22(24)26)23(27)30-13-15-12-16(28-3)9-10-20(15)29-4/h5-10,12,14,19H,11,13H2,1-4H3/t19-/m1/s1. The number of rotatable bonds is 8. The molecule has 2 aromatic rings. The Morgan fingerprint density at radius 1 is 0.967 bits per heavy atom. The fourth-order valence-corrected chi connectivity index (χ4v) is 3.48. The number of methoxy groups -OCH3 is 2. The Labute approximate surface area is 175 Å². The summed E-state index contributed by atoms with van der Waals surface area (Å²) in [4.78, 5) is 39.7. The maximum atomic E-state index is 13.0. The van der Waals surface area contributed by atoms with Crippen LogP contribution in [0.5, 0.6) is 11.5 Å². The van der Waals surface area contributed by atoms with Gasteiger partial charge in [0.15, 0.2) is 0 Å². The number of amides is 2. The zero-order valence-electron chi connectivity index (χ0n) is 17.5. The molecule has 1 atom stereocenters. The largest absolute Gasteiger partial charge is 0.497 e. The summed E-state index contributed by atoms with van der Waals surface area (Å²) in [5, 5.41) is 0. The minimum atomic E-state index is -1.01. The van der Waals surface area contributed by atoms with E-state index in [1.807, 2.05) is 13.8 Å². The van der Waals surface area contributed by atoms with Crippen LogP contribution in [0.15, 0.2) is 42.5 Å². The fourth-order valence-electron chi connectivity index (χ4n) is 3.48. The molecular weight excluding hydrogens is 386 g/mol. The molecule has 0 aliphatic carbocycles. The summed E-state index contributed by atoms with van der Waals surface area (Å²) < 4.78 is 16.0. The lowest BCUT2D eigenvalue weighted by atomic mass is 10.0. The average molecular weight is 411 g/mol. The van der Waals surface area contributed by atoms with E-state index in [4.69, 9.17) is 14.2 Å². The van der Waals surface area contributed by atoms with Gasteiger partial charge in [-0.2, -0.15) is 0 Å². The van der Waals surface area contributed by atoms with Crippen LogP contribution in [0.2, 0.25) is 0 Å². The molecule has 0 bridgehead atoms. The first kappa shape index (κ1) is 21.4. The molecule has 7 heteroatoms. The van der Waals surface area contributed by atoms with Crippen molar-refractivity contribution in [2.24, 2.45) is 5.92 Å². The van der Waals surface area contributed by atoms with Crippen LogP contribution in [-0.2, 0) is 16.1 Å². The van der Waals surface area contributed by atoms with Gasteiger partial charge in [0.2, 0.25) is 0 Å². The number of ether oxygens (including phenoxy) is 3. The Bertz CT molecular complexity index is 933. The van der Waals surface area contributed by atoms with Gasteiger partial charge in [0.25, 0.3) is 11.8 Å². The summed E-state index contributed by atoms with van der Waals surface area (Å²) in [5.74, 6) is -0.374. The first-order valence-electron chi connectivity index (χ1n) is 9.71. The van der Waals surface area contributed by atoms with E-state index in [0.29, 0.717) is 34.6 Å². The number of carbonyl (C=O) groups is 3. The zero-order chi connectivity index (χ0) is 21.8. The molecule has 0 saturated heterocycles. The molecule has 0 saturated carbocycles. The van der Waals surface area contributed by atoms with Gasteiger partial charge in [-0.05, 0) is 42.7 Å². The second-order valence-electron chi connectivity index (χ2n) is 7.46. The number of carbonyl (C=O) groups excluding carboxylic acids is 3. The maximum Gasteiger partial charge on any atom is 0.329 e. The number of hydrogen-bond donors (Lipinski definition) is 0. The number of esters is 1. The highest BCUT2D eigenvalue weighted by Gasteiger charge is 2.43. The van der Waals surface area contributed by atoms with E-state index in [2.05, 4.69) is 0 Å². The minimum absolute atomic E-state index is 0.0678. The summed E-state index contributed by atoms with van der Waals surface area (Å²) in [5.41, 5.74) is 1.23. The highest BCUT2D eigenvalue weighted by atomic mass is 16.5. The Morgan fingerprint density at radius 3 is 2.13 bits per heavy atom. The quantitative estimate of drug-likeness (QED) is 0.489. The summed E-state index contributed by atoms with van der Waals surface area (Å²) in [6.45, 7) is 3.77. The van der Waals surface area contributed by atoms with Gasteiger partial charge in [-0.3, -0.25) is 14.5 Å². The molecule has 1 heterocycles. The number of nitrogens with zero attached hydrogens (tertiary/aromatic N) is 1. The third kappa shape index (κ3) is 4.15. The minimum Gasteiger partial charge on any atom is -0.497 e. The van der Waals surface area contributed by atoms with E-state index in [9.17, 15) is 14.4 Å². The van der Waals surface area contributed by atoms with Crippen molar-refractivity contribution in [2.75, 3.05) is 14.2 Å². The van der Waals surface area contributed by atoms with Crippen molar-refractivity contribution in [1.82, 2.24) is 4.90 Å². The van der Waals surface area contributed by atoms with Gasteiger partial charge in [0, 0.05) is 5.56 Å². The number of fused-ring (bicyclic) bond motifs is 1. The number of imide groups is 1. The third-order valence-electron chi connectivity index (χ3n) is 4.96. The van der Waals surface area contributed by atoms with Gasteiger partial charge >= 0.3 is 5.97 Å². The van der Waals surface area contributed by atoms with Crippen LogP contribution in [0.4, 0.5) is 0 Å². The molecule has 30 heavy (non-hydrogen) atoms. The van der Waals surface area contributed by atoms with Crippen LogP contribution < -0.4 is 9.47 Å². The first-order valence-corrected chi connectivity index (χ1v) is 9.71. The second-order valence-corrected chi connectivity index (χ2v) is 7.46. The molecule has 2 aromatic carbocycles. The topological polar surface area (TPSA) is 82.1 Å². The summed E-state index contributed by atoms with van der Waals surface area (Å²) in [6, 6.07) is 10.7. The van der Waals surface area contributed by atoms with Crippen LogP contribution in [-0.4, -0.2) is 42.9 Å². The van der Waals surface area contributed by atoms with Crippen molar-refractivity contribution >= 4 is 17.8 Å². The Kier molecular flexibility index (Phi) is 6.40. The third-order valence-corrected chi connectivity index (χ3v) is 4.96. The normalized spacial score (nSPS) is 14.0. The zero-order valence-corrected chi connectivity index (χ0v) is 17.5. The van der Waals surface area contributed by atoms with Crippen molar-refractivity contribution in [1.29, 1.82) is 0 Å². The number of benzene rings is 2. The predicted octanol–water partition coefficient (Wildman–Crippen LogP) is 3.46. The summed E-state index contributed by atoms with van der Waals surface area (Å²) in [7, 11) is 3.06. The molecule has 3 rings (SSSR count). The highest BCUT2D eigenvalue weighted by molar-refractivity contribution is 6.22. The van der Waals surface area contributed by atoms with Crippen LogP contribution in [0, 0.1) is 5.92 Å². The van der Waals surface area contributed by atoms with Crippen molar-refractivity contribution in [3.8, 4) is 11.5 Å². The lowest BCUT2D eigenvalue weighted by molar-refractivity contribution is -0.150. The van der Waals surface area contributed by atoms with Gasteiger partial charge in [-0.25, -0.2) is 4.79 Å². The van der Waals surface area contributed by atoms with E-state index in [1.165, 1.54) is 7.11 Å².